The topological polar surface area (TPSA) is 38.1 Å². The molecule has 1 aromatic heterocycles. The normalized spacial score (nSPS) is 12.6. The van der Waals surface area contributed by atoms with Crippen LogP contribution in [0.25, 0.3) is 0 Å². The predicted molar refractivity (Wildman–Crippen MR) is 67.6 cm³/mol. The third kappa shape index (κ3) is 3.67. The molecule has 1 heterocycles. The first kappa shape index (κ1) is 12.8. The van der Waals surface area contributed by atoms with Crippen LogP contribution in [0.5, 0.6) is 0 Å². The van der Waals surface area contributed by atoms with Gasteiger partial charge < -0.3 is 9.73 Å². The van der Waals surface area contributed by atoms with Gasteiger partial charge in [-0.3, -0.25) is 0 Å². The van der Waals surface area contributed by atoms with E-state index in [2.05, 4.69) is 17.2 Å². The minimum Gasteiger partial charge on any atom is -0.445 e. The number of aryl methyl sites for hydroxylation is 1. The van der Waals surface area contributed by atoms with E-state index in [9.17, 15) is 4.39 Å². The number of halogens is 1. The van der Waals surface area contributed by atoms with Crippen molar-refractivity contribution in [2.24, 2.45) is 0 Å². The van der Waals surface area contributed by atoms with Crippen molar-refractivity contribution in [2.45, 2.75) is 32.9 Å². The number of benzene rings is 1. The van der Waals surface area contributed by atoms with Gasteiger partial charge >= 0.3 is 0 Å². The van der Waals surface area contributed by atoms with E-state index >= 15 is 0 Å². The van der Waals surface area contributed by atoms with E-state index in [1.54, 1.807) is 18.3 Å². The lowest BCUT2D eigenvalue weighted by Gasteiger charge is -2.12. The Morgan fingerprint density at radius 1 is 1.44 bits per heavy atom. The summed E-state index contributed by atoms with van der Waals surface area (Å²) in [5.74, 6) is 1.30. The predicted octanol–water partition coefficient (Wildman–Crippen LogP) is 2.84. The molecule has 0 saturated carbocycles. The zero-order chi connectivity index (χ0) is 13.0. The Kier molecular flexibility index (Phi) is 4.10. The van der Waals surface area contributed by atoms with E-state index in [4.69, 9.17) is 4.42 Å². The summed E-state index contributed by atoms with van der Waals surface area (Å²) in [4.78, 5) is 4.12. The Balaban J connectivity index is 1.83. The van der Waals surface area contributed by atoms with Gasteiger partial charge in [0.15, 0.2) is 0 Å². The van der Waals surface area contributed by atoms with Crippen molar-refractivity contribution in [3.8, 4) is 0 Å². The molecule has 3 nitrogen and oxygen atoms in total. The van der Waals surface area contributed by atoms with E-state index in [-0.39, 0.29) is 11.9 Å². The van der Waals surface area contributed by atoms with E-state index in [0.29, 0.717) is 12.4 Å². The summed E-state index contributed by atoms with van der Waals surface area (Å²) in [6, 6.07) is 6.91. The molecule has 0 saturated heterocycles. The molecule has 0 spiro atoms. The maximum absolute atomic E-state index is 13.0. The molecule has 0 aliphatic heterocycles. The molecule has 0 aliphatic rings. The second kappa shape index (κ2) is 5.78. The molecule has 0 amide bonds. The summed E-state index contributed by atoms with van der Waals surface area (Å²) >= 11 is 0. The first-order chi connectivity index (χ1) is 8.63. The lowest BCUT2D eigenvalue weighted by atomic mass is 10.1. The molecule has 1 aromatic carbocycles. The minimum absolute atomic E-state index is 0.192. The number of oxazole rings is 1. The van der Waals surface area contributed by atoms with E-state index in [0.717, 1.165) is 17.7 Å². The van der Waals surface area contributed by atoms with E-state index in [1.165, 1.54) is 6.07 Å². The standard InChI is InChI=1S/C14H17FN2O/c1-10(6-12-4-3-5-13(15)7-12)16-9-14-17-8-11(2)18-14/h3-5,7-8,10,16H,6,9H2,1-2H3. The molecule has 0 aliphatic carbocycles. The maximum Gasteiger partial charge on any atom is 0.208 e. The van der Waals surface area contributed by atoms with E-state index in [1.807, 2.05) is 13.0 Å². The number of aromatic nitrogens is 1. The van der Waals surface area contributed by atoms with Gasteiger partial charge in [0, 0.05) is 6.04 Å². The van der Waals surface area contributed by atoms with Crippen LogP contribution < -0.4 is 5.32 Å². The summed E-state index contributed by atoms with van der Waals surface area (Å²) in [6.45, 7) is 4.51. The van der Waals surface area contributed by atoms with Gasteiger partial charge in [-0.1, -0.05) is 12.1 Å². The van der Waals surface area contributed by atoms with Gasteiger partial charge in [0.25, 0.3) is 0 Å². The van der Waals surface area contributed by atoms with Gasteiger partial charge in [0.2, 0.25) is 5.89 Å². The SMILES string of the molecule is Cc1cnc(CNC(C)Cc2cccc(F)c2)o1. The highest BCUT2D eigenvalue weighted by molar-refractivity contribution is 5.17. The van der Waals surface area contributed by atoms with Crippen LogP contribution in [-0.2, 0) is 13.0 Å². The lowest BCUT2D eigenvalue weighted by Crippen LogP contribution is -2.27. The Morgan fingerprint density at radius 2 is 2.28 bits per heavy atom. The zero-order valence-corrected chi connectivity index (χ0v) is 10.6. The molecule has 0 fully saturated rings. The van der Waals surface area contributed by atoms with Gasteiger partial charge in [-0.05, 0) is 38.0 Å². The molecule has 1 atom stereocenters. The van der Waals surface area contributed by atoms with Crippen molar-refractivity contribution in [2.75, 3.05) is 0 Å². The van der Waals surface area contributed by atoms with Crippen LogP contribution >= 0.6 is 0 Å². The largest absolute Gasteiger partial charge is 0.445 e. The van der Waals surface area contributed by atoms with Crippen molar-refractivity contribution in [1.29, 1.82) is 0 Å². The summed E-state index contributed by atoms with van der Waals surface area (Å²) in [6.07, 6.45) is 2.48. The quantitative estimate of drug-likeness (QED) is 0.884. The highest BCUT2D eigenvalue weighted by Crippen LogP contribution is 2.07. The van der Waals surface area contributed by atoms with Crippen molar-refractivity contribution in [3.63, 3.8) is 0 Å². The van der Waals surface area contributed by atoms with Crippen molar-refractivity contribution in [1.82, 2.24) is 10.3 Å². The van der Waals surface area contributed by atoms with Crippen LogP contribution in [0, 0.1) is 12.7 Å². The van der Waals surface area contributed by atoms with Crippen LogP contribution in [0.3, 0.4) is 0 Å². The van der Waals surface area contributed by atoms with Gasteiger partial charge in [0.05, 0.1) is 12.7 Å². The van der Waals surface area contributed by atoms with Gasteiger partial charge in [0.1, 0.15) is 11.6 Å². The average Bonchev–Trinajstić information content (AvgIpc) is 2.73. The minimum atomic E-state index is -0.192. The molecule has 1 N–H and O–H groups in total. The second-order valence-electron chi connectivity index (χ2n) is 4.48. The first-order valence-electron chi connectivity index (χ1n) is 6.02. The summed E-state index contributed by atoms with van der Waals surface area (Å²) in [5, 5.41) is 3.30. The fraction of sp³-hybridized carbons (Fsp3) is 0.357. The second-order valence-corrected chi connectivity index (χ2v) is 4.48. The van der Waals surface area contributed by atoms with Crippen LogP contribution in [0.4, 0.5) is 4.39 Å². The van der Waals surface area contributed by atoms with Crippen LogP contribution in [0.1, 0.15) is 24.1 Å². The molecule has 0 radical (unpaired) electrons. The number of nitrogens with zero attached hydrogens (tertiary/aromatic N) is 1. The van der Waals surface area contributed by atoms with Gasteiger partial charge in [-0.2, -0.15) is 0 Å². The van der Waals surface area contributed by atoms with Gasteiger partial charge in [-0.25, -0.2) is 9.37 Å². The zero-order valence-electron chi connectivity index (χ0n) is 10.6. The Morgan fingerprint density at radius 3 is 2.94 bits per heavy atom. The van der Waals surface area contributed by atoms with Crippen LogP contribution in [-0.4, -0.2) is 11.0 Å². The number of hydrogen-bond acceptors (Lipinski definition) is 3. The Labute approximate surface area is 106 Å². The molecule has 18 heavy (non-hydrogen) atoms. The number of hydrogen-bond donors (Lipinski definition) is 1. The smallest absolute Gasteiger partial charge is 0.208 e. The van der Waals surface area contributed by atoms with Gasteiger partial charge in [-0.15, -0.1) is 0 Å². The van der Waals surface area contributed by atoms with E-state index < -0.39 is 0 Å². The highest BCUT2D eigenvalue weighted by Gasteiger charge is 2.06. The van der Waals surface area contributed by atoms with Crippen LogP contribution in [0.2, 0.25) is 0 Å². The lowest BCUT2D eigenvalue weighted by molar-refractivity contribution is 0.427. The summed E-state index contributed by atoms with van der Waals surface area (Å²) < 4.78 is 18.4. The molecular weight excluding hydrogens is 231 g/mol. The van der Waals surface area contributed by atoms with Crippen molar-refractivity contribution >= 4 is 0 Å². The van der Waals surface area contributed by atoms with Crippen molar-refractivity contribution in [3.05, 3.63) is 53.5 Å². The third-order valence-electron chi connectivity index (χ3n) is 2.70. The third-order valence-corrected chi connectivity index (χ3v) is 2.70. The maximum atomic E-state index is 13.0. The number of nitrogens with one attached hydrogen (secondary N) is 1. The van der Waals surface area contributed by atoms with Crippen molar-refractivity contribution < 1.29 is 8.81 Å². The first-order valence-corrected chi connectivity index (χ1v) is 6.02. The summed E-state index contributed by atoms with van der Waals surface area (Å²) in [5.41, 5.74) is 0.985. The molecule has 4 heteroatoms. The summed E-state index contributed by atoms with van der Waals surface area (Å²) in [7, 11) is 0. The number of rotatable bonds is 5. The fourth-order valence-electron chi connectivity index (χ4n) is 1.83. The Hall–Kier alpha value is -1.68. The van der Waals surface area contributed by atoms with Crippen LogP contribution in [0.15, 0.2) is 34.9 Å². The highest BCUT2D eigenvalue weighted by atomic mass is 19.1. The molecule has 0 bridgehead atoms. The monoisotopic (exact) mass is 248 g/mol. The molecule has 96 valence electrons. The molecule has 2 aromatic rings. The molecular formula is C14H17FN2O. The average molecular weight is 248 g/mol. The Bertz CT molecular complexity index is 510. The molecule has 2 rings (SSSR count). The fourth-order valence-corrected chi connectivity index (χ4v) is 1.83. The molecule has 1 unspecified atom stereocenters.